The van der Waals surface area contributed by atoms with E-state index in [4.69, 9.17) is 21.4 Å². The Balaban J connectivity index is 2.35. The number of rotatable bonds is 4. The third-order valence-electron chi connectivity index (χ3n) is 2.52. The minimum Gasteiger partial charge on any atom is -0.477 e. The lowest BCUT2D eigenvalue weighted by Crippen LogP contribution is -2.11. The van der Waals surface area contributed by atoms with Crippen molar-refractivity contribution in [3.63, 3.8) is 0 Å². The molecule has 5 nitrogen and oxygen atoms in total. The number of aromatic carboxylic acids is 1. The molecule has 6 heteroatoms. The molecule has 0 unspecified atom stereocenters. The summed E-state index contributed by atoms with van der Waals surface area (Å²) >= 11 is 5.79. The average molecular weight is 281 g/mol. The summed E-state index contributed by atoms with van der Waals surface area (Å²) in [6.45, 7) is 3.73. The molecule has 0 saturated heterocycles. The zero-order chi connectivity index (χ0) is 14.0. The lowest BCUT2D eigenvalue weighted by molar-refractivity contribution is 0.0682. The van der Waals surface area contributed by atoms with Crippen molar-refractivity contribution < 1.29 is 14.6 Å². The van der Waals surface area contributed by atoms with Crippen LogP contribution < -0.4 is 4.74 Å². The Kier molecular flexibility index (Phi) is 3.76. The molecule has 0 aliphatic rings. The van der Waals surface area contributed by atoms with Crippen molar-refractivity contribution in [2.45, 2.75) is 19.9 Å². The molecule has 0 spiro atoms. The van der Waals surface area contributed by atoms with Gasteiger partial charge < -0.3 is 9.84 Å². The van der Waals surface area contributed by atoms with Crippen LogP contribution in [0.1, 0.15) is 30.4 Å². The second kappa shape index (κ2) is 5.32. The Hall–Kier alpha value is -2.01. The first-order valence-corrected chi connectivity index (χ1v) is 6.10. The molecule has 1 heterocycles. The molecule has 2 aromatic rings. The maximum absolute atomic E-state index is 11.1. The molecule has 0 amide bonds. The monoisotopic (exact) mass is 280 g/mol. The molecule has 0 saturated carbocycles. The van der Waals surface area contributed by atoms with Gasteiger partial charge in [0.2, 0.25) is 0 Å². The molecule has 1 aromatic carbocycles. The first-order valence-electron chi connectivity index (χ1n) is 5.73. The highest BCUT2D eigenvalue weighted by atomic mass is 35.5. The highest BCUT2D eigenvalue weighted by molar-refractivity contribution is 6.30. The van der Waals surface area contributed by atoms with Crippen molar-refractivity contribution in [3.05, 3.63) is 41.2 Å². The normalized spacial score (nSPS) is 10.7. The Bertz CT molecular complexity index is 590. The van der Waals surface area contributed by atoms with E-state index in [0.717, 1.165) is 0 Å². The molecular weight excluding hydrogens is 268 g/mol. The largest absolute Gasteiger partial charge is 0.477 e. The van der Waals surface area contributed by atoms with Crippen LogP contribution in [0.15, 0.2) is 30.5 Å². The number of halogens is 1. The van der Waals surface area contributed by atoms with E-state index in [-0.39, 0.29) is 17.7 Å². The number of ether oxygens (including phenoxy) is 1. The van der Waals surface area contributed by atoms with Crippen LogP contribution in [0.25, 0.3) is 0 Å². The standard InChI is InChI=1S/C13H13ClN2O3/c1-8(2)16-11(12(17)18)7-15-13(16)19-10-5-3-9(14)4-6-10/h3-8H,1-2H3,(H,17,18). The van der Waals surface area contributed by atoms with Gasteiger partial charge in [0, 0.05) is 11.1 Å². The molecule has 0 atom stereocenters. The van der Waals surface area contributed by atoms with Gasteiger partial charge in [0.15, 0.2) is 0 Å². The molecule has 100 valence electrons. The van der Waals surface area contributed by atoms with Gasteiger partial charge in [-0.25, -0.2) is 9.78 Å². The van der Waals surface area contributed by atoms with E-state index in [0.29, 0.717) is 10.8 Å². The zero-order valence-electron chi connectivity index (χ0n) is 10.5. The van der Waals surface area contributed by atoms with Crippen LogP contribution in [-0.2, 0) is 0 Å². The first-order chi connectivity index (χ1) is 8.99. The minimum atomic E-state index is -1.04. The number of carboxylic acid groups (broad SMARTS) is 1. The third kappa shape index (κ3) is 2.88. The summed E-state index contributed by atoms with van der Waals surface area (Å²) in [4.78, 5) is 15.1. The maximum Gasteiger partial charge on any atom is 0.354 e. The highest BCUT2D eigenvalue weighted by Crippen LogP contribution is 2.26. The molecule has 0 radical (unpaired) electrons. The van der Waals surface area contributed by atoms with Crippen LogP contribution in [0.5, 0.6) is 11.8 Å². The number of carboxylic acids is 1. The Morgan fingerprint density at radius 2 is 2.00 bits per heavy atom. The molecule has 0 aliphatic heterocycles. The Morgan fingerprint density at radius 3 is 2.53 bits per heavy atom. The summed E-state index contributed by atoms with van der Waals surface area (Å²) in [7, 11) is 0. The lowest BCUT2D eigenvalue weighted by Gasteiger charge is -2.13. The molecule has 1 aromatic heterocycles. The summed E-state index contributed by atoms with van der Waals surface area (Å²) in [5.41, 5.74) is 0.0963. The van der Waals surface area contributed by atoms with Gasteiger partial charge >= 0.3 is 12.0 Å². The fourth-order valence-corrected chi connectivity index (χ4v) is 1.81. The van der Waals surface area contributed by atoms with Gasteiger partial charge in [-0.1, -0.05) is 11.6 Å². The number of benzene rings is 1. The Labute approximate surface area is 115 Å². The fraction of sp³-hybridized carbons (Fsp3) is 0.231. The van der Waals surface area contributed by atoms with Crippen LogP contribution >= 0.6 is 11.6 Å². The molecular formula is C13H13ClN2O3. The van der Waals surface area contributed by atoms with Crippen molar-refractivity contribution >= 4 is 17.6 Å². The van der Waals surface area contributed by atoms with Crippen molar-refractivity contribution in [1.82, 2.24) is 9.55 Å². The number of aromatic nitrogens is 2. The van der Waals surface area contributed by atoms with E-state index in [1.54, 1.807) is 24.3 Å². The predicted molar refractivity (Wildman–Crippen MR) is 71.1 cm³/mol. The summed E-state index contributed by atoms with van der Waals surface area (Å²) in [6, 6.07) is 6.95. The second-order valence-corrected chi connectivity index (χ2v) is 4.69. The van der Waals surface area contributed by atoms with Crippen molar-refractivity contribution in [3.8, 4) is 11.8 Å². The first kappa shape index (κ1) is 13.4. The van der Waals surface area contributed by atoms with Crippen LogP contribution in [0, 0.1) is 0 Å². The zero-order valence-corrected chi connectivity index (χ0v) is 11.3. The molecule has 0 bridgehead atoms. The van der Waals surface area contributed by atoms with E-state index >= 15 is 0 Å². The van der Waals surface area contributed by atoms with E-state index in [1.165, 1.54) is 10.8 Å². The quantitative estimate of drug-likeness (QED) is 0.929. The van der Waals surface area contributed by atoms with Gasteiger partial charge in [-0.2, -0.15) is 0 Å². The topological polar surface area (TPSA) is 64.4 Å². The maximum atomic E-state index is 11.1. The van der Waals surface area contributed by atoms with Crippen molar-refractivity contribution in [2.75, 3.05) is 0 Å². The summed E-state index contributed by atoms with van der Waals surface area (Å²) in [5, 5.41) is 9.70. The van der Waals surface area contributed by atoms with Crippen molar-refractivity contribution in [1.29, 1.82) is 0 Å². The van der Waals surface area contributed by atoms with Gasteiger partial charge in [0.05, 0.1) is 6.20 Å². The van der Waals surface area contributed by atoms with Gasteiger partial charge in [0.1, 0.15) is 11.4 Å². The van der Waals surface area contributed by atoms with Crippen LogP contribution in [0.2, 0.25) is 5.02 Å². The van der Waals surface area contributed by atoms with Crippen molar-refractivity contribution in [2.24, 2.45) is 0 Å². The third-order valence-corrected chi connectivity index (χ3v) is 2.77. The summed E-state index contributed by atoms with van der Waals surface area (Å²) in [6.07, 6.45) is 1.29. The van der Waals surface area contributed by atoms with Gasteiger partial charge in [-0.15, -0.1) is 0 Å². The number of hydrogen-bond donors (Lipinski definition) is 1. The number of carbonyl (C=O) groups is 1. The fourth-order valence-electron chi connectivity index (χ4n) is 1.68. The highest BCUT2D eigenvalue weighted by Gasteiger charge is 2.19. The molecule has 0 fully saturated rings. The van der Waals surface area contributed by atoms with Crippen LogP contribution in [0.3, 0.4) is 0 Å². The van der Waals surface area contributed by atoms with Crippen LogP contribution in [-0.4, -0.2) is 20.6 Å². The SMILES string of the molecule is CC(C)n1c(C(=O)O)cnc1Oc1ccc(Cl)cc1. The van der Waals surface area contributed by atoms with E-state index in [9.17, 15) is 4.79 Å². The number of imidazole rings is 1. The van der Waals surface area contributed by atoms with E-state index < -0.39 is 5.97 Å². The minimum absolute atomic E-state index is 0.0732. The second-order valence-electron chi connectivity index (χ2n) is 4.25. The molecule has 2 rings (SSSR count). The van der Waals surface area contributed by atoms with Gasteiger partial charge in [-0.05, 0) is 38.1 Å². The number of hydrogen-bond acceptors (Lipinski definition) is 3. The Morgan fingerprint density at radius 1 is 1.37 bits per heavy atom. The predicted octanol–water partition coefficient (Wildman–Crippen LogP) is 3.61. The molecule has 19 heavy (non-hydrogen) atoms. The van der Waals surface area contributed by atoms with E-state index in [2.05, 4.69) is 4.98 Å². The van der Waals surface area contributed by atoms with Crippen LogP contribution in [0.4, 0.5) is 0 Å². The van der Waals surface area contributed by atoms with E-state index in [1.807, 2.05) is 13.8 Å². The smallest absolute Gasteiger partial charge is 0.354 e. The van der Waals surface area contributed by atoms with Gasteiger partial charge in [-0.3, -0.25) is 4.57 Å². The average Bonchev–Trinajstić information content (AvgIpc) is 2.76. The molecule has 0 aliphatic carbocycles. The lowest BCUT2D eigenvalue weighted by atomic mass is 10.3. The van der Waals surface area contributed by atoms with Gasteiger partial charge in [0.25, 0.3) is 0 Å². The summed E-state index contributed by atoms with van der Waals surface area (Å²) < 4.78 is 7.11. The summed E-state index contributed by atoms with van der Waals surface area (Å²) in [5.74, 6) is -0.485. The number of nitrogens with zero attached hydrogens (tertiary/aromatic N) is 2. The molecule has 1 N–H and O–H groups in total.